The van der Waals surface area contributed by atoms with E-state index in [1.165, 1.54) is 23.5 Å². The second kappa shape index (κ2) is 13.1. The Balaban J connectivity index is 1.14. The minimum Gasteiger partial charge on any atom is -0.508 e. The van der Waals surface area contributed by atoms with E-state index in [1.54, 1.807) is 24.3 Å². The molecule has 0 aliphatic carbocycles. The Hall–Kier alpha value is -3.70. The second-order valence-electron chi connectivity index (χ2n) is 9.40. The minimum atomic E-state index is -0.983. The van der Waals surface area contributed by atoms with Crippen molar-refractivity contribution in [3.05, 3.63) is 72.5 Å². The number of benzene rings is 3. The number of carboxylic acid groups (broad SMARTS) is 1. The summed E-state index contributed by atoms with van der Waals surface area (Å²) in [7, 11) is 0. The third-order valence-electron chi connectivity index (χ3n) is 6.49. The van der Waals surface area contributed by atoms with Gasteiger partial charge in [0.15, 0.2) is 5.75 Å². The first-order valence-electron chi connectivity index (χ1n) is 13.0. The molecule has 2 heterocycles. The third kappa shape index (κ3) is 7.28. The van der Waals surface area contributed by atoms with E-state index in [9.17, 15) is 14.3 Å². The lowest BCUT2D eigenvalue weighted by atomic mass is 10.1. The van der Waals surface area contributed by atoms with Crippen molar-refractivity contribution in [1.29, 1.82) is 0 Å². The number of thiophene rings is 1. The highest BCUT2D eigenvalue weighted by Crippen LogP contribution is 2.47. The first kappa shape index (κ1) is 27.9. The highest BCUT2D eigenvalue weighted by Gasteiger charge is 2.23. The Labute approximate surface area is 235 Å². The predicted molar refractivity (Wildman–Crippen MR) is 150 cm³/mol. The number of hydrogen-bond acceptors (Lipinski definition) is 8. The third-order valence-corrected chi connectivity index (χ3v) is 7.67. The average Bonchev–Trinajstić information content (AvgIpc) is 3.54. The SMILES string of the molecule is O=C(O)COCCO[C@@H]1CCN(CCOc2ccc(Oc3c(-c4ccc(F)cc4)sc4cc(O)ccc34)cc2)C1. The quantitative estimate of drug-likeness (QED) is 0.196. The molecule has 2 N–H and O–H groups in total. The number of phenols is 1. The summed E-state index contributed by atoms with van der Waals surface area (Å²) in [4.78, 5) is 13.6. The summed E-state index contributed by atoms with van der Waals surface area (Å²) >= 11 is 1.48. The number of carbonyl (C=O) groups is 1. The van der Waals surface area contributed by atoms with Gasteiger partial charge < -0.3 is 29.2 Å². The van der Waals surface area contributed by atoms with Gasteiger partial charge in [0.1, 0.15) is 36.3 Å². The Morgan fingerprint density at radius 2 is 1.77 bits per heavy atom. The number of rotatable bonds is 13. The van der Waals surface area contributed by atoms with E-state index in [4.69, 9.17) is 24.1 Å². The van der Waals surface area contributed by atoms with Gasteiger partial charge in [-0.1, -0.05) is 12.1 Å². The molecule has 1 fully saturated rings. The molecule has 8 nitrogen and oxygen atoms in total. The first-order valence-corrected chi connectivity index (χ1v) is 13.8. The minimum absolute atomic E-state index is 0.113. The van der Waals surface area contributed by atoms with Gasteiger partial charge in [0.05, 0.1) is 24.2 Å². The monoisotopic (exact) mass is 567 g/mol. The van der Waals surface area contributed by atoms with Crippen molar-refractivity contribution in [3.63, 3.8) is 0 Å². The highest BCUT2D eigenvalue weighted by molar-refractivity contribution is 7.22. The molecule has 0 saturated carbocycles. The number of fused-ring (bicyclic) bond motifs is 1. The standard InChI is InChI=1S/C30H30FNO7S/c31-21-3-1-20(2-4-21)30-29(26-10-5-22(33)17-27(26)40-30)39-24-8-6-23(7-9-24)37-14-13-32-12-11-25(18-32)38-16-15-36-19-28(34)35/h1-10,17,25,33H,11-16,18-19H2,(H,34,35)/t25-/m1/s1. The van der Waals surface area contributed by atoms with Gasteiger partial charge in [0.25, 0.3) is 0 Å². The number of nitrogens with zero attached hydrogens (tertiary/aromatic N) is 1. The molecule has 5 rings (SSSR count). The number of halogens is 1. The molecule has 0 radical (unpaired) electrons. The summed E-state index contributed by atoms with van der Waals surface area (Å²) in [5, 5.41) is 19.4. The van der Waals surface area contributed by atoms with Crippen molar-refractivity contribution in [2.75, 3.05) is 46.1 Å². The molecule has 40 heavy (non-hydrogen) atoms. The van der Waals surface area contributed by atoms with Crippen LogP contribution in [0.15, 0.2) is 66.7 Å². The van der Waals surface area contributed by atoms with Crippen molar-refractivity contribution in [2.24, 2.45) is 0 Å². The fourth-order valence-electron chi connectivity index (χ4n) is 4.54. The van der Waals surface area contributed by atoms with Gasteiger partial charge in [-0.15, -0.1) is 11.3 Å². The maximum atomic E-state index is 13.5. The Morgan fingerprint density at radius 3 is 2.55 bits per heavy atom. The molecule has 1 aliphatic heterocycles. The summed E-state index contributed by atoms with van der Waals surface area (Å²) in [6.45, 7) is 3.36. The molecule has 10 heteroatoms. The molecule has 210 valence electrons. The fraction of sp³-hybridized carbons (Fsp3) is 0.300. The lowest BCUT2D eigenvalue weighted by Gasteiger charge is -2.17. The van der Waals surface area contributed by atoms with Crippen LogP contribution in [0.5, 0.6) is 23.0 Å². The van der Waals surface area contributed by atoms with E-state index in [0.29, 0.717) is 24.7 Å². The Kier molecular flexibility index (Phi) is 9.12. The zero-order valence-electron chi connectivity index (χ0n) is 21.8. The molecule has 0 bridgehead atoms. The van der Waals surface area contributed by atoms with Crippen LogP contribution < -0.4 is 9.47 Å². The number of carboxylic acids is 1. The smallest absolute Gasteiger partial charge is 0.329 e. The average molecular weight is 568 g/mol. The zero-order chi connectivity index (χ0) is 27.9. The number of aromatic hydroxyl groups is 1. The van der Waals surface area contributed by atoms with E-state index < -0.39 is 5.97 Å². The van der Waals surface area contributed by atoms with Crippen molar-refractivity contribution >= 4 is 27.4 Å². The molecule has 3 aromatic carbocycles. The summed E-state index contributed by atoms with van der Waals surface area (Å²) in [6, 6.07) is 18.8. The molecular formula is C30H30FNO7S. The van der Waals surface area contributed by atoms with Gasteiger partial charge in [-0.3, -0.25) is 4.90 Å². The predicted octanol–water partition coefficient (Wildman–Crippen LogP) is 5.78. The summed E-state index contributed by atoms with van der Waals surface area (Å²) in [5.74, 6) is 0.900. The van der Waals surface area contributed by atoms with Crippen LogP contribution in [-0.4, -0.2) is 73.2 Å². The van der Waals surface area contributed by atoms with Gasteiger partial charge in [0.2, 0.25) is 0 Å². The summed E-state index contributed by atoms with van der Waals surface area (Å²) in [6.07, 6.45) is 1.03. The molecule has 1 aromatic heterocycles. The fourth-order valence-corrected chi connectivity index (χ4v) is 5.71. The van der Waals surface area contributed by atoms with Crippen LogP contribution in [0.2, 0.25) is 0 Å². The molecule has 4 aromatic rings. The van der Waals surface area contributed by atoms with Crippen molar-refractivity contribution in [3.8, 4) is 33.4 Å². The number of hydrogen-bond donors (Lipinski definition) is 2. The summed E-state index contributed by atoms with van der Waals surface area (Å²) in [5.41, 5.74) is 0.832. The van der Waals surface area contributed by atoms with E-state index in [1.807, 2.05) is 30.3 Å². The highest BCUT2D eigenvalue weighted by atomic mass is 32.1. The Morgan fingerprint density at radius 1 is 1.00 bits per heavy atom. The maximum absolute atomic E-state index is 13.5. The number of phenolic OH excluding ortho intramolecular Hbond substituents is 1. The molecule has 1 saturated heterocycles. The van der Waals surface area contributed by atoms with Crippen LogP contribution in [0.3, 0.4) is 0 Å². The van der Waals surface area contributed by atoms with Crippen molar-refractivity contribution in [1.82, 2.24) is 4.90 Å². The van der Waals surface area contributed by atoms with Gasteiger partial charge in [0, 0.05) is 29.7 Å². The van der Waals surface area contributed by atoms with Gasteiger partial charge in [-0.05, 0) is 66.6 Å². The molecule has 1 atom stereocenters. The van der Waals surface area contributed by atoms with E-state index in [2.05, 4.69) is 4.90 Å². The molecular weight excluding hydrogens is 537 g/mol. The molecule has 0 unspecified atom stereocenters. The normalized spacial score (nSPS) is 15.5. The van der Waals surface area contributed by atoms with Gasteiger partial charge >= 0.3 is 5.97 Å². The molecule has 0 spiro atoms. The van der Waals surface area contributed by atoms with Crippen LogP contribution in [0.25, 0.3) is 20.5 Å². The Bertz CT molecular complexity index is 1420. The van der Waals surface area contributed by atoms with Gasteiger partial charge in [-0.25, -0.2) is 9.18 Å². The lowest BCUT2D eigenvalue weighted by molar-refractivity contribution is -0.142. The van der Waals surface area contributed by atoms with Crippen LogP contribution in [0.1, 0.15) is 6.42 Å². The van der Waals surface area contributed by atoms with Crippen molar-refractivity contribution < 1.29 is 38.3 Å². The van der Waals surface area contributed by atoms with E-state index >= 15 is 0 Å². The van der Waals surface area contributed by atoms with E-state index in [-0.39, 0.29) is 30.9 Å². The van der Waals surface area contributed by atoms with Gasteiger partial charge in [-0.2, -0.15) is 0 Å². The molecule has 1 aliphatic rings. The zero-order valence-corrected chi connectivity index (χ0v) is 22.6. The number of aliphatic carboxylic acids is 1. The lowest BCUT2D eigenvalue weighted by Crippen LogP contribution is -2.28. The largest absolute Gasteiger partial charge is 0.508 e. The van der Waals surface area contributed by atoms with E-state index in [0.717, 1.165) is 52.3 Å². The van der Waals surface area contributed by atoms with Crippen molar-refractivity contribution in [2.45, 2.75) is 12.5 Å². The second-order valence-corrected chi connectivity index (χ2v) is 10.5. The first-order chi connectivity index (χ1) is 19.4. The van der Waals surface area contributed by atoms with Crippen LogP contribution >= 0.6 is 11.3 Å². The molecule has 0 amide bonds. The van der Waals surface area contributed by atoms with Crippen LogP contribution in [-0.2, 0) is 14.3 Å². The van der Waals surface area contributed by atoms with Crippen LogP contribution in [0.4, 0.5) is 4.39 Å². The number of ether oxygens (including phenoxy) is 4. The summed E-state index contributed by atoms with van der Waals surface area (Å²) < 4.78 is 37.4. The maximum Gasteiger partial charge on any atom is 0.329 e. The van der Waals surface area contributed by atoms with Crippen LogP contribution in [0, 0.1) is 5.82 Å². The topological polar surface area (TPSA) is 97.7 Å². The number of likely N-dealkylation sites (tertiary alicyclic amines) is 1.